The second-order valence-electron chi connectivity index (χ2n) is 6.15. The molecule has 3 heteroatoms. The van der Waals surface area contributed by atoms with Crippen LogP contribution < -0.4 is 5.32 Å². The summed E-state index contributed by atoms with van der Waals surface area (Å²) in [7, 11) is 0. The number of carbonyl (C=O) groups is 1. The first-order chi connectivity index (χ1) is 9.74. The molecule has 1 atom stereocenters. The molecule has 108 valence electrons. The molecule has 1 fully saturated rings. The molecule has 1 saturated carbocycles. The van der Waals surface area contributed by atoms with Gasteiger partial charge < -0.3 is 5.32 Å². The summed E-state index contributed by atoms with van der Waals surface area (Å²) in [5.74, 6) is 0.854. The minimum Gasteiger partial charge on any atom is -0.326 e. The average molecular weight is 336 g/mol. The van der Waals surface area contributed by atoms with Crippen molar-refractivity contribution >= 4 is 27.5 Å². The molecule has 1 amide bonds. The smallest absolute Gasteiger partial charge is 0.228 e. The van der Waals surface area contributed by atoms with Gasteiger partial charge in [0.05, 0.1) is 6.42 Å². The fourth-order valence-corrected chi connectivity index (χ4v) is 4.29. The third-order valence-electron chi connectivity index (χ3n) is 4.64. The molecule has 1 aliphatic heterocycles. The van der Waals surface area contributed by atoms with E-state index in [0.29, 0.717) is 11.2 Å². The summed E-state index contributed by atoms with van der Waals surface area (Å²) >= 11 is 3.93. The number of hydrogen-bond acceptors (Lipinski definition) is 1. The lowest BCUT2D eigenvalue weighted by Gasteiger charge is -2.25. The molecule has 1 aliphatic carbocycles. The van der Waals surface area contributed by atoms with Gasteiger partial charge in [0.2, 0.25) is 5.91 Å². The van der Waals surface area contributed by atoms with Crippen LogP contribution in [0.5, 0.6) is 0 Å². The van der Waals surface area contributed by atoms with Gasteiger partial charge >= 0.3 is 0 Å². The predicted octanol–water partition coefficient (Wildman–Crippen LogP) is 4.98. The molecule has 1 aromatic carbocycles. The van der Waals surface area contributed by atoms with E-state index < -0.39 is 0 Å². The summed E-state index contributed by atoms with van der Waals surface area (Å²) in [6, 6.07) is 6.45. The third-order valence-corrected chi connectivity index (χ3v) is 5.91. The van der Waals surface area contributed by atoms with E-state index in [-0.39, 0.29) is 5.91 Å². The zero-order chi connectivity index (χ0) is 13.9. The van der Waals surface area contributed by atoms with Gasteiger partial charge in [-0.25, -0.2) is 0 Å². The molecule has 1 N–H and O–H groups in total. The zero-order valence-corrected chi connectivity index (χ0v) is 13.4. The zero-order valence-electron chi connectivity index (χ0n) is 11.8. The highest BCUT2D eigenvalue weighted by Crippen LogP contribution is 2.40. The summed E-state index contributed by atoms with van der Waals surface area (Å²) in [6.45, 7) is 0. The van der Waals surface area contributed by atoms with Crippen LogP contribution in [0.25, 0.3) is 0 Å². The van der Waals surface area contributed by atoms with Crippen molar-refractivity contribution in [3.8, 4) is 0 Å². The number of hydrogen-bond donors (Lipinski definition) is 1. The second-order valence-corrected chi connectivity index (χ2v) is 7.14. The van der Waals surface area contributed by atoms with Crippen LogP contribution in [0.1, 0.15) is 60.9 Å². The van der Waals surface area contributed by atoms with Gasteiger partial charge in [0.15, 0.2) is 0 Å². The molecule has 0 aromatic heterocycles. The van der Waals surface area contributed by atoms with Crippen molar-refractivity contribution in [1.29, 1.82) is 0 Å². The summed E-state index contributed by atoms with van der Waals surface area (Å²) in [5.41, 5.74) is 3.49. The third kappa shape index (κ3) is 3.08. The minimum absolute atomic E-state index is 0.120. The Hall–Kier alpha value is -0.830. The van der Waals surface area contributed by atoms with Crippen LogP contribution >= 0.6 is 15.9 Å². The standard InChI is InChI=1S/C17H22BrNO/c18-17(12-6-4-2-1-3-5-7-12)13-8-9-15-14(10-13)11-16(20)19-15/h8-10,12,17H,1-7,11H2,(H,19,20). The fraction of sp³-hybridized carbons (Fsp3) is 0.588. The van der Waals surface area contributed by atoms with Crippen molar-refractivity contribution in [3.63, 3.8) is 0 Å². The lowest BCUT2D eigenvalue weighted by Crippen LogP contribution is -2.10. The molecule has 1 aromatic rings. The number of fused-ring (bicyclic) bond motifs is 1. The molecule has 0 saturated heterocycles. The summed E-state index contributed by atoms with van der Waals surface area (Å²) in [4.78, 5) is 11.9. The van der Waals surface area contributed by atoms with Crippen LogP contribution in [0.15, 0.2) is 18.2 Å². The van der Waals surface area contributed by atoms with Gasteiger partial charge in [-0.05, 0) is 36.0 Å². The lowest BCUT2D eigenvalue weighted by atomic mass is 9.86. The molecular formula is C17H22BrNO. The van der Waals surface area contributed by atoms with Gasteiger partial charge in [-0.2, -0.15) is 0 Å². The Labute approximate surface area is 129 Å². The number of anilines is 1. The Bertz CT molecular complexity index is 492. The van der Waals surface area contributed by atoms with E-state index in [4.69, 9.17) is 0 Å². The topological polar surface area (TPSA) is 29.1 Å². The normalized spacial score (nSPS) is 21.8. The maximum absolute atomic E-state index is 11.4. The quantitative estimate of drug-likeness (QED) is 0.759. The molecule has 20 heavy (non-hydrogen) atoms. The predicted molar refractivity (Wildman–Crippen MR) is 86.3 cm³/mol. The Kier molecular flexibility index (Phi) is 4.45. The van der Waals surface area contributed by atoms with Crippen molar-refractivity contribution in [3.05, 3.63) is 29.3 Å². The van der Waals surface area contributed by atoms with E-state index in [2.05, 4.69) is 39.4 Å². The van der Waals surface area contributed by atoms with Crippen LogP contribution in [-0.4, -0.2) is 5.91 Å². The van der Waals surface area contributed by atoms with E-state index in [0.717, 1.165) is 17.2 Å². The van der Waals surface area contributed by atoms with Crippen LogP contribution in [0.3, 0.4) is 0 Å². The fourth-order valence-electron chi connectivity index (χ4n) is 3.47. The van der Waals surface area contributed by atoms with Crippen LogP contribution in [0.2, 0.25) is 0 Å². The first-order valence-electron chi connectivity index (χ1n) is 7.81. The van der Waals surface area contributed by atoms with Gasteiger partial charge in [-0.3, -0.25) is 4.79 Å². The van der Waals surface area contributed by atoms with Crippen molar-refractivity contribution in [2.24, 2.45) is 5.92 Å². The minimum atomic E-state index is 0.120. The monoisotopic (exact) mass is 335 g/mol. The molecule has 3 rings (SSSR count). The maximum Gasteiger partial charge on any atom is 0.228 e. The number of rotatable bonds is 2. The average Bonchev–Trinajstić information content (AvgIpc) is 2.76. The summed E-state index contributed by atoms with van der Waals surface area (Å²) < 4.78 is 0. The molecular weight excluding hydrogens is 314 g/mol. The summed E-state index contributed by atoms with van der Waals surface area (Å²) in [6.07, 6.45) is 10.1. The number of halogens is 1. The van der Waals surface area contributed by atoms with Gasteiger partial charge in [0.1, 0.15) is 0 Å². The van der Waals surface area contributed by atoms with Crippen LogP contribution in [0, 0.1) is 5.92 Å². The number of carbonyl (C=O) groups excluding carboxylic acids is 1. The lowest BCUT2D eigenvalue weighted by molar-refractivity contribution is -0.115. The largest absolute Gasteiger partial charge is 0.326 e. The van der Waals surface area contributed by atoms with Gasteiger partial charge in [-0.1, -0.05) is 60.2 Å². The van der Waals surface area contributed by atoms with Gasteiger partial charge in [0, 0.05) is 10.5 Å². The van der Waals surface area contributed by atoms with Gasteiger partial charge in [0.25, 0.3) is 0 Å². The second kappa shape index (κ2) is 6.30. The van der Waals surface area contributed by atoms with E-state index in [9.17, 15) is 4.79 Å². The van der Waals surface area contributed by atoms with Crippen LogP contribution in [-0.2, 0) is 11.2 Å². The van der Waals surface area contributed by atoms with E-state index in [1.807, 2.05) is 0 Å². The Morgan fingerprint density at radius 1 is 1.10 bits per heavy atom. The van der Waals surface area contributed by atoms with Crippen molar-refractivity contribution < 1.29 is 4.79 Å². The number of nitrogens with one attached hydrogen (secondary N) is 1. The first-order valence-corrected chi connectivity index (χ1v) is 8.72. The Balaban J connectivity index is 1.74. The highest BCUT2D eigenvalue weighted by atomic mass is 79.9. The molecule has 2 nitrogen and oxygen atoms in total. The highest BCUT2D eigenvalue weighted by Gasteiger charge is 2.24. The maximum atomic E-state index is 11.4. The molecule has 0 radical (unpaired) electrons. The molecule has 2 aliphatic rings. The molecule has 0 spiro atoms. The Morgan fingerprint density at radius 3 is 2.55 bits per heavy atom. The number of benzene rings is 1. The van der Waals surface area contributed by atoms with E-state index in [1.165, 1.54) is 50.5 Å². The SMILES string of the molecule is O=C1Cc2cc(C(Br)C3CCCCCCC3)ccc2N1. The summed E-state index contributed by atoms with van der Waals surface area (Å²) in [5, 5.41) is 2.91. The highest BCUT2D eigenvalue weighted by molar-refractivity contribution is 9.09. The first kappa shape index (κ1) is 14.1. The number of alkyl halides is 1. The number of amides is 1. The van der Waals surface area contributed by atoms with E-state index in [1.54, 1.807) is 0 Å². The van der Waals surface area contributed by atoms with Crippen molar-refractivity contribution in [2.75, 3.05) is 5.32 Å². The van der Waals surface area contributed by atoms with Crippen LogP contribution in [0.4, 0.5) is 5.69 Å². The Morgan fingerprint density at radius 2 is 1.80 bits per heavy atom. The van der Waals surface area contributed by atoms with Crippen molar-refractivity contribution in [1.82, 2.24) is 0 Å². The van der Waals surface area contributed by atoms with Crippen molar-refractivity contribution in [2.45, 2.75) is 56.2 Å². The molecule has 1 unspecified atom stereocenters. The van der Waals surface area contributed by atoms with Gasteiger partial charge in [-0.15, -0.1) is 0 Å². The molecule has 1 heterocycles. The van der Waals surface area contributed by atoms with E-state index >= 15 is 0 Å². The molecule has 0 bridgehead atoms.